The van der Waals surface area contributed by atoms with Crippen molar-refractivity contribution < 1.29 is 9.84 Å². The topological polar surface area (TPSA) is 29.5 Å². The third-order valence-corrected chi connectivity index (χ3v) is 1.54. The zero-order valence-electron chi connectivity index (χ0n) is 8.42. The molecule has 0 heterocycles. The number of allylic oxidation sites excluding steroid dienone is 3. The van der Waals surface area contributed by atoms with E-state index in [-0.39, 0.29) is 12.2 Å². The van der Waals surface area contributed by atoms with Crippen LogP contribution in [0.2, 0.25) is 0 Å². The van der Waals surface area contributed by atoms with Crippen molar-refractivity contribution in [2.75, 3.05) is 6.61 Å². The summed E-state index contributed by atoms with van der Waals surface area (Å²) in [4.78, 5) is 0. The van der Waals surface area contributed by atoms with Crippen LogP contribution >= 0.6 is 0 Å². The molecule has 0 aliphatic rings. The van der Waals surface area contributed by atoms with E-state index in [9.17, 15) is 0 Å². The summed E-state index contributed by atoms with van der Waals surface area (Å²) >= 11 is 0. The minimum atomic E-state index is -0.364. The molecule has 0 aromatic heterocycles. The molecule has 0 atom stereocenters. The van der Waals surface area contributed by atoms with Gasteiger partial charge in [-0.25, -0.2) is 0 Å². The summed E-state index contributed by atoms with van der Waals surface area (Å²) in [6, 6.07) is 0. The Morgan fingerprint density at radius 3 is 2.62 bits per heavy atom. The van der Waals surface area contributed by atoms with Gasteiger partial charge in [0.2, 0.25) is 0 Å². The van der Waals surface area contributed by atoms with Gasteiger partial charge in [0.15, 0.2) is 0 Å². The first kappa shape index (κ1) is 12.0. The Bertz CT molecular complexity index is 202. The van der Waals surface area contributed by atoms with Gasteiger partial charge in [0.05, 0.1) is 0 Å². The highest BCUT2D eigenvalue weighted by molar-refractivity contribution is 5.13. The lowest BCUT2D eigenvalue weighted by molar-refractivity contribution is 0.0207. The van der Waals surface area contributed by atoms with Crippen LogP contribution in [-0.4, -0.2) is 17.3 Å². The Balaban J connectivity index is 4.03. The van der Waals surface area contributed by atoms with Gasteiger partial charge in [-0.15, -0.1) is 0 Å². The van der Waals surface area contributed by atoms with Gasteiger partial charge in [-0.3, -0.25) is 0 Å². The zero-order chi connectivity index (χ0) is 10.3. The van der Waals surface area contributed by atoms with E-state index >= 15 is 0 Å². The largest absolute Gasteiger partial charge is 0.488 e. The van der Waals surface area contributed by atoms with Gasteiger partial charge in [-0.05, 0) is 19.9 Å². The van der Waals surface area contributed by atoms with Gasteiger partial charge in [-0.2, -0.15) is 0 Å². The summed E-state index contributed by atoms with van der Waals surface area (Å²) in [5.74, 6) is 0.582. The van der Waals surface area contributed by atoms with E-state index < -0.39 is 0 Å². The average molecular weight is 182 g/mol. The van der Waals surface area contributed by atoms with Crippen molar-refractivity contribution in [2.24, 2.45) is 0 Å². The second kappa shape index (κ2) is 5.60. The maximum atomic E-state index is 8.75. The van der Waals surface area contributed by atoms with Crippen molar-refractivity contribution in [1.82, 2.24) is 0 Å². The summed E-state index contributed by atoms with van der Waals surface area (Å²) in [5.41, 5.74) is -0.364. The predicted molar refractivity (Wildman–Crippen MR) is 55.3 cm³/mol. The van der Waals surface area contributed by atoms with Crippen LogP contribution in [0, 0.1) is 0 Å². The highest BCUT2D eigenvalue weighted by Crippen LogP contribution is 2.17. The molecular weight excluding hydrogens is 164 g/mol. The molecule has 0 rings (SSSR count). The van der Waals surface area contributed by atoms with Gasteiger partial charge < -0.3 is 9.84 Å². The van der Waals surface area contributed by atoms with Gasteiger partial charge in [0.25, 0.3) is 0 Å². The van der Waals surface area contributed by atoms with Gasteiger partial charge in [0, 0.05) is 13.0 Å². The molecule has 0 amide bonds. The van der Waals surface area contributed by atoms with Crippen molar-refractivity contribution in [2.45, 2.75) is 25.9 Å². The first-order valence-electron chi connectivity index (χ1n) is 4.30. The number of rotatable bonds is 6. The van der Waals surface area contributed by atoms with Crippen molar-refractivity contribution in [1.29, 1.82) is 0 Å². The summed E-state index contributed by atoms with van der Waals surface area (Å²) in [7, 11) is 0. The Hall–Kier alpha value is -1.02. The summed E-state index contributed by atoms with van der Waals surface area (Å²) in [6.07, 6.45) is 5.75. The fourth-order valence-corrected chi connectivity index (χ4v) is 0.885. The number of hydrogen-bond donors (Lipinski definition) is 1. The minimum absolute atomic E-state index is 0.117. The highest BCUT2D eigenvalue weighted by Gasteiger charge is 2.18. The first-order chi connectivity index (χ1) is 6.02. The molecule has 0 aliphatic carbocycles. The minimum Gasteiger partial charge on any atom is -0.488 e. The number of hydrogen-bond acceptors (Lipinski definition) is 2. The van der Waals surface area contributed by atoms with Crippen LogP contribution < -0.4 is 0 Å². The first-order valence-corrected chi connectivity index (χ1v) is 4.30. The third kappa shape index (κ3) is 6.17. The fourth-order valence-electron chi connectivity index (χ4n) is 0.885. The van der Waals surface area contributed by atoms with Crippen LogP contribution in [0.25, 0.3) is 0 Å². The van der Waals surface area contributed by atoms with E-state index in [1.54, 1.807) is 18.2 Å². The fraction of sp³-hybridized carbons (Fsp3) is 0.455. The molecule has 74 valence electrons. The standard InChI is InChI=1S/C11H18O2/c1-5-6-7-10(2)13-11(3,4)8-9-12/h5-7,12H,1-2,8-9H2,3-4H3/b7-6-. The van der Waals surface area contributed by atoms with Crippen molar-refractivity contribution in [3.05, 3.63) is 37.1 Å². The Morgan fingerprint density at radius 1 is 1.54 bits per heavy atom. The van der Waals surface area contributed by atoms with E-state index in [1.807, 2.05) is 13.8 Å². The van der Waals surface area contributed by atoms with Gasteiger partial charge in [0.1, 0.15) is 11.4 Å². The number of aliphatic hydroxyl groups is 1. The molecule has 0 aromatic carbocycles. The quantitative estimate of drug-likeness (QED) is 0.505. The van der Waals surface area contributed by atoms with E-state index in [4.69, 9.17) is 9.84 Å². The lowest BCUT2D eigenvalue weighted by Gasteiger charge is -2.25. The molecule has 0 radical (unpaired) electrons. The number of ether oxygens (including phenoxy) is 1. The summed E-state index contributed by atoms with van der Waals surface area (Å²) in [5, 5.41) is 8.75. The van der Waals surface area contributed by atoms with Crippen LogP contribution in [0.5, 0.6) is 0 Å². The van der Waals surface area contributed by atoms with Crippen LogP contribution in [0.1, 0.15) is 20.3 Å². The Kier molecular flexibility index (Phi) is 5.16. The average Bonchev–Trinajstić information content (AvgIpc) is 1.99. The molecule has 0 aromatic rings. The molecule has 0 saturated carbocycles. The van der Waals surface area contributed by atoms with Crippen LogP contribution in [0.4, 0.5) is 0 Å². The van der Waals surface area contributed by atoms with Crippen LogP contribution in [0.15, 0.2) is 37.1 Å². The summed E-state index contributed by atoms with van der Waals surface area (Å²) < 4.78 is 5.49. The number of aliphatic hydroxyl groups excluding tert-OH is 1. The lowest BCUT2D eigenvalue weighted by atomic mass is 10.1. The Labute approximate surface area is 80.2 Å². The van der Waals surface area contributed by atoms with Crippen molar-refractivity contribution >= 4 is 0 Å². The molecule has 0 fully saturated rings. The summed E-state index contributed by atoms with van der Waals surface area (Å²) in [6.45, 7) is 11.2. The normalized spacial score (nSPS) is 11.6. The molecular formula is C11H18O2. The van der Waals surface area contributed by atoms with Crippen molar-refractivity contribution in [3.63, 3.8) is 0 Å². The molecule has 2 heteroatoms. The molecule has 13 heavy (non-hydrogen) atoms. The molecule has 2 nitrogen and oxygen atoms in total. The second-order valence-corrected chi connectivity index (χ2v) is 3.40. The van der Waals surface area contributed by atoms with Gasteiger partial charge >= 0.3 is 0 Å². The SMILES string of the molecule is C=C/C=C\C(=C)OC(C)(C)CCO. The van der Waals surface area contributed by atoms with E-state index in [0.29, 0.717) is 12.2 Å². The highest BCUT2D eigenvalue weighted by atomic mass is 16.5. The van der Waals surface area contributed by atoms with Crippen molar-refractivity contribution in [3.8, 4) is 0 Å². The lowest BCUT2D eigenvalue weighted by Crippen LogP contribution is -2.24. The molecule has 1 N–H and O–H groups in total. The maximum Gasteiger partial charge on any atom is 0.112 e. The zero-order valence-corrected chi connectivity index (χ0v) is 8.42. The molecule has 0 bridgehead atoms. The van der Waals surface area contributed by atoms with E-state index in [1.165, 1.54) is 0 Å². The molecule has 0 saturated heterocycles. The van der Waals surface area contributed by atoms with E-state index in [0.717, 1.165) is 0 Å². The molecule has 0 aliphatic heterocycles. The molecule has 0 unspecified atom stereocenters. The van der Waals surface area contributed by atoms with Crippen LogP contribution in [0.3, 0.4) is 0 Å². The predicted octanol–water partition coefficient (Wildman–Crippen LogP) is 2.42. The third-order valence-electron chi connectivity index (χ3n) is 1.54. The van der Waals surface area contributed by atoms with E-state index in [2.05, 4.69) is 13.2 Å². The monoisotopic (exact) mass is 182 g/mol. The van der Waals surface area contributed by atoms with Crippen LogP contribution in [-0.2, 0) is 4.74 Å². The maximum absolute atomic E-state index is 8.75. The smallest absolute Gasteiger partial charge is 0.112 e. The Morgan fingerprint density at radius 2 is 2.15 bits per heavy atom. The van der Waals surface area contributed by atoms with Gasteiger partial charge in [-0.1, -0.05) is 25.3 Å². The second-order valence-electron chi connectivity index (χ2n) is 3.40. The molecule has 0 spiro atoms.